The molecular weight excluding hydrogens is 176 g/mol. The third kappa shape index (κ3) is 2.23. The van der Waals surface area contributed by atoms with Crippen LogP contribution in [0.5, 0.6) is 0 Å². The van der Waals surface area contributed by atoms with Crippen molar-refractivity contribution in [2.24, 2.45) is 7.05 Å². The lowest BCUT2D eigenvalue weighted by Crippen LogP contribution is -2.01. The van der Waals surface area contributed by atoms with Gasteiger partial charge >= 0.3 is 0 Å². The van der Waals surface area contributed by atoms with Gasteiger partial charge in [0, 0.05) is 18.3 Å². The Hall–Kier alpha value is -1.09. The fourth-order valence-corrected chi connectivity index (χ4v) is 1.37. The lowest BCUT2D eigenvalue weighted by Gasteiger charge is -2.10. The van der Waals surface area contributed by atoms with Gasteiger partial charge < -0.3 is 5.11 Å². The number of hydrogen-bond donors (Lipinski definition) is 1. The molecule has 1 heterocycles. The molecule has 0 aliphatic rings. The largest absolute Gasteiger partial charge is 0.388 e. The molecular formula is C11H18N2O. The average molecular weight is 194 g/mol. The van der Waals surface area contributed by atoms with E-state index < -0.39 is 6.10 Å². The van der Waals surface area contributed by atoms with Gasteiger partial charge in [-0.1, -0.05) is 19.1 Å². The number of aromatic nitrogens is 2. The summed E-state index contributed by atoms with van der Waals surface area (Å²) in [7, 11) is 1.88. The first kappa shape index (κ1) is 11.0. The van der Waals surface area contributed by atoms with E-state index in [0.717, 1.165) is 23.3 Å². The second-order valence-corrected chi connectivity index (χ2v) is 3.63. The molecule has 0 radical (unpaired) electrons. The highest BCUT2D eigenvalue weighted by Gasteiger charge is 2.13. The summed E-state index contributed by atoms with van der Waals surface area (Å²) in [5.41, 5.74) is 2.99. The molecule has 1 unspecified atom stereocenters. The molecule has 3 nitrogen and oxygen atoms in total. The van der Waals surface area contributed by atoms with Gasteiger partial charge in [-0.05, 0) is 19.8 Å². The standard InChI is InChI=1S/C11H18N2O/c1-5-8(2)6-11(14)10-7-12-13(4)9(10)3/h7,11,14H,2,5-6H2,1,3-4H3. The summed E-state index contributed by atoms with van der Waals surface area (Å²) in [4.78, 5) is 0. The number of aryl methyl sites for hydroxylation is 1. The van der Waals surface area contributed by atoms with Crippen molar-refractivity contribution in [3.8, 4) is 0 Å². The number of hydrogen-bond acceptors (Lipinski definition) is 2. The first-order chi connectivity index (χ1) is 6.56. The molecule has 0 bridgehead atoms. The van der Waals surface area contributed by atoms with Crippen LogP contribution in [0.3, 0.4) is 0 Å². The minimum absolute atomic E-state index is 0.462. The van der Waals surface area contributed by atoms with Crippen LogP contribution in [0.15, 0.2) is 18.3 Å². The van der Waals surface area contributed by atoms with Crippen LogP contribution in [0, 0.1) is 6.92 Å². The maximum atomic E-state index is 9.90. The van der Waals surface area contributed by atoms with Crippen LogP contribution < -0.4 is 0 Å². The number of nitrogens with zero attached hydrogens (tertiary/aromatic N) is 2. The van der Waals surface area contributed by atoms with Gasteiger partial charge in [-0.2, -0.15) is 5.10 Å². The van der Waals surface area contributed by atoms with Crippen LogP contribution in [0.2, 0.25) is 0 Å². The summed E-state index contributed by atoms with van der Waals surface area (Å²) < 4.78 is 1.77. The SMILES string of the molecule is C=C(CC)CC(O)c1cnn(C)c1C. The number of rotatable bonds is 4. The van der Waals surface area contributed by atoms with Gasteiger partial charge in [0.15, 0.2) is 0 Å². The predicted molar refractivity (Wildman–Crippen MR) is 57.0 cm³/mol. The fourth-order valence-electron chi connectivity index (χ4n) is 1.37. The molecule has 0 spiro atoms. The van der Waals surface area contributed by atoms with Crippen molar-refractivity contribution in [3.63, 3.8) is 0 Å². The highest BCUT2D eigenvalue weighted by Crippen LogP contribution is 2.23. The topological polar surface area (TPSA) is 38.1 Å². The van der Waals surface area contributed by atoms with Crippen molar-refractivity contribution < 1.29 is 5.11 Å². The van der Waals surface area contributed by atoms with E-state index in [1.54, 1.807) is 10.9 Å². The van der Waals surface area contributed by atoms with E-state index in [1.807, 2.05) is 20.9 Å². The lowest BCUT2D eigenvalue weighted by atomic mass is 10.0. The molecule has 78 valence electrons. The van der Waals surface area contributed by atoms with Crippen LogP contribution in [-0.2, 0) is 7.05 Å². The van der Waals surface area contributed by atoms with Gasteiger partial charge in [-0.25, -0.2) is 0 Å². The summed E-state index contributed by atoms with van der Waals surface area (Å²) >= 11 is 0. The van der Waals surface area contributed by atoms with Crippen molar-refractivity contribution in [2.75, 3.05) is 0 Å². The summed E-state index contributed by atoms with van der Waals surface area (Å²) in [6, 6.07) is 0. The second-order valence-electron chi connectivity index (χ2n) is 3.63. The van der Waals surface area contributed by atoms with E-state index in [1.165, 1.54) is 0 Å². The Morgan fingerprint density at radius 1 is 1.71 bits per heavy atom. The van der Waals surface area contributed by atoms with Crippen LogP contribution in [0.1, 0.15) is 37.1 Å². The van der Waals surface area contributed by atoms with Gasteiger partial charge in [0.25, 0.3) is 0 Å². The van der Waals surface area contributed by atoms with Gasteiger partial charge in [0.1, 0.15) is 0 Å². The molecule has 14 heavy (non-hydrogen) atoms. The zero-order chi connectivity index (χ0) is 10.7. The summed E-state index contributed by atoms with van der Waals surface area (Å²) in [6.45, 7) is 7.89. The first-order valence-corrected chi connectivity index (χ1v) is 4.89. The van der Waals surface area contributed by atoms with Crippen molar-refractivity contribution in [1.82, 2.24) is 9.78 Å². The molecule has 0 aliphatic heterocycles. The smallest absolute Gasteiger partial charge is 0.0860 e. The molecule has 1 atom stereocenters. The molecule has 1 N–H and O–H groups in total. The van der Waals surface area contributed by atoms with E-state index in [0.29, 0.717) is 6.42 Å². The quantitative estimate of drug-likeness (QED) is 0.745. The van der Waals surface area contributed by atoms with Crippen molar-refractivity contribution in [1.29, 1.82) is 0 Å². The van der Waals surface area contributed by atoms with Crippen LogP contribution in [-0.4, -0.2) is 14.9 Å². The normalized spacial score (nSPS) is 12.9. The van der Waals surface area contributed by atoms with Crippen molar-refractivity contribution in [2.45, 2.75) is 32.8 Å². The van der Waals surface area contributed by atoms with Crippen molar-refractivity contribution >= 4 is 0 Å². The molecule has 0 fully saturated rings. The maximum absolute atomic E-state index is 9.90. The third-order valence-corrected chi connectivity index (χ3v) is 2.61. The van der Waals surface area contributed by atoms with Gasteiger partial charge in [0.2, 0.25) is 0 Å². The van der Waals surface area contributed by atoms with Gasteiger partial charge in [-0.15, -0.1) is 0 Å². The van der Waals surface area contributed by atoms with Crippen LogP contribution in [0.25, 0.3) is 0 Å². The first-order valence-electron chi connectivity index (χ1n) is 4.89. The van der Waals surface area contributed by atoms with E-state index >= 15 is 0 Å². The Balaban J connectivity index is 2.74. The minimum atomic E-state index is -0.462. The Labute approximate surface area is 85.1 Å². The minimum Gasteiger partial charge on any atom is -0.388 e. The zero-order valence-corrected chi connectivity index (χ0v) is 9.12. The average Bonchev–Trinajstić information content (AvgIpc) is 2.47. The molecule has 1 aromatic rings. The summed E-state index contributed by atoms with van der Waals surface area (Å²) in [5.74, 6) is 0. The zero-order valence-electron chi connectivity index (χ0n) is 9.12. The molecule has 0 saturated heterocycles. The molecule has 1 aromatic heterocycles. The predicted octanol–water partition coefficient (Wildman–Crippen LogP) is 2.12. The Morgan fingerprint density at radius 2 is 2.36 bits per heavy atom. The monoisotopic (exact) mass is 194 g/mol. The number of aliphatic hydroxyl groups is 1. The lowest BCUT2D eigenvalue weighted by molar-refractivity contribution is 0.176. The van der Waals surface area contributed by atoms with E-state index in [4.69, 9.17) is 0 Å². The molecule has 0 amide bonds. The Morgan fingerprint density at radius 3 is 2.79 bits per heavy atom. The van der Waals surface area contributed by atoms with E-state index in [9.17, 15) is 5.11 Å². The molecule has 3 heteroatoms. The summed E-state index contributed by atoms with van der Waals surface area (Å²) in [5, 5.41) is 14.0. The Kier molecular flexibility index (Phi) is 3.47. The maximum Gasteiger partial charge on any atom is 0.0860 e. The van der Waals surface area contributed by atoms with E-state index in [2.05, 4.69) is 11.7 Å². The Bertz CT molecular complexity index is 328. The van der Waals surface area contributed by atoms with E-state index in [-0.39, 0.29) is 0 Å². The van der Waals surface area contributed by atoms with Crippen LogP contribution in [0.4, 0.5) is 0 Å². The van der Waals surface area contributed by atoms with Gasteiger partial charge in [-0.3, -0.25) is 4.68 Å². The third-order valence-electron chi connectivity index (χ3n) is 2.61. The van der Waals surface area contributed by atoms with Crippen LogP contribution >= 0.6 is 0 Å². The highest BCUT2D eigenvalue weighted by atomic mass is 16.3. The second kappa shape index (κ2) is 4.42. The fraction of sp³-hybridized carbons (Fsp3) is 0.545. The highest BCUT2D eigenvalue weighted by molar-refractivity contribution is 5.20. The van der Waals surface area contributed by atoms with Gasteiger partial charge in [0.05, 0.1) is 12.3 Å². The molecule has 1 rings (SSSR count). The summed E-state index contributed by atoms with van der Waals surface area (Å²) in [6.07, 6.45) is 2.80. The molecule has 0 aliphatic carbocycles. The van der Waals surface area contributed by atoms with Crippen molar-refractivity contribution in [3.05, 3.63) is 29.6 Å². The number of aliphatic hydroxyl groups excluding tert-OH is 1. The molecule has 0 aromatic carbocycles. The molecule has 0 saturated carbocycles.